The summed E-state index contributed by atoms with van der Waals surface area (Å²) in [6.45, 7) is 1.18. The second kappa shape index (κ2) is 9.68. The topological polar surface area (TPSA) is 83.1 Å². The minimum Gasteiger partial charge on any atom is -0.495 e. The normalized spacial score (nSPS) is 10.1. The molecule has 2 aromatic rings. The van der Waals surface area contributed by atoms with Crippen LogP contribution < -0.4 is 19.5 Å². The first-order chi connectivity index (χ1) is 12.9. The van der Waals surface area contributed by atoms with Gasteiger partial charge in [-0.15, -0.1) is 0 Å². The largest absolute Gasteiger partial charge is 0.495 e. The number of carbonyl (C=O) groups is 2. The van der Waals surface area contributed by atoms with Crippen molar-refractivity contribution in [2.75, 3.05) is 32.8 Å². The number of hydrogen-bond acceptors (Lipinski definition) is 6. The molecule has 1 N–H and O–H groups in total. The van der Waals surface area contributed by atoms with Gasteiger partial charge < -0.3 is 24.3 Å². The SMILES string of the molecule is COc1cc(OC)c(NC(=O)COC(=O)COc2ccc(C)cc2)cc1Cl. The van der Waals surface area contributed by atoms with Crippen molar-refractivity contribution < 1.29 is 28.5 Å². The predicted octanol–water partition coefficient (Wildman–Crippen LogP) is 3.23. The number of halogens is 1. The van der Waals surface area contributed by atoms with Crippen molar-refractivity contribution in [1.29, 1.82) is 0 Å². The lowest BCUT2D eigenvalue weighted by Gasteiger charge is -2.13. The monoisotopic (exact) mass is 393 g/mol. The van der Waals surface area contributed by atoms with Gasteiger partial charge in [0, 0.05) is 6.07 Å². The smallest absolute Gasteiger partial charge is 0.344 e. The molecule has 0 aliphatic carbocycles. The predicted molar refractivity (Wildman–Crippen MR) is 101 cm³/mol. The van der Waals surface area contributed by atoms with Crippen molar-refractivity contribution in [3.63, 3.8) is 0 Å². The van der Waals surface area contributed by atoms with E-state index in [1.165, 1.54) is 20.3 Å². The Bertz CT molecular complexity index is 807. The molecule has 2 rings (SSSR count). The van der Waals surface area contributed by atoms with Crippen molar-refractivity contribution in [2.45, 2.75) is 6.92 Å². The van der Waals surface area contributed by atoms with Crippen molar-refractivity contribution in [3.05, 3.63) is 47.0 Å². The fourth-order valence-electron chi connectivity index (χ4n) is 2.11. The number of nitrogens with one attached hydrogen (secondary N) is 1. The number of methoxy groups -OCH3 is 2. The molecule has 0 heterocycles. The molecule has 0 aliphatic rings. The summed E-state index contributed by atoms with van der Waals surface area (Å²) < 4.78 is 20.5. The van der Waals surface area contributed by atoms with Crippen LogP contribution in [0.3, 0.4) is 0 Å². The average molecular weight is 394 g/mol. The maximum atomic E-state index is 12.0. The zero-order valence-electron chi connectivity index (χ0n) is 15.2. The summed E-state index contributed by atoms with van der Waals surface area (Å²) in [5.74, 6) is 0.105. The van der Waals surface area contributed by atoms with Gasteiger partial charge in [-0.3, -0.25) is 4.79 Å². The van der Waals surface area contributed by atoms with Crippen molar-refractivity contribution in [3.8, 4) is 17.2 Å². The van der Waals surface area contributed by atoms with Gasteiger partial charge in [0.25, 0.3) is 5.91 Å². The third kappa shape index (κ3) is 6.07. The van der Waals surface area contributed by atoms with E-state index in [-0.39, 0.29) is 6.61 Å². The number of hydrogen-bond donors (Lipinski definition) is 1. The zero-order valence-corrected chi connectivity index (χ0v) is 16.0. The Balaban J connectivity index is 1.84. The Kier molecular flexibility index (Phi) is 7.31. The fourth-order valence-corrected chi connectivity index (χ4v) is 2.35. The minimum absolute atomic E-state index is 0.298. The van der Waals surface area contributed by atoms with Gasteiger partial charge >= 0.3 is 5.97 Å². The van der Waals surface area contributed by atoms with Crippen molar-refractivity contribution >= 4 is 29.2 Å². The molecule has 0 radical (unpaired) electrons. The molecule has 0 unspecified atom stereocenters. The molecule has 0 aromatic heterocycles. The highest BCUT2D eigenvalue weighted by molar-refractivity contribution is 6.32. The first kappa shape index (κ1) is 20.4. The molecule has 144 valence electrons. The minimum atomic E-state index is -0.662. The Morgan fingerprint density at radius 3 is 2.30 bits per heavy atom. The summed E-state index contributed by atoms with van der Waals surface area (Å²) in [6, 6.07) is 10.2. The third-order valence-electron chi connectivity index (χ3n) is 3.49. The number of carbonyl (C=O) groups excluding carboxylic acids is 2. The molecule has 0 saturated carbocycles. The van der Waals surface area contributed by atoms with Gasteiger partial charge in [0.05, 0.1) is 24.9 Å². The van der Waals surface area contributed by atoms with E-state index < -0.39 is 18.5 Å². The third-order valence-corrected chi connectivity index (χ3v) is 3.79. The standard InChI is InChI=1S/C19H20ClNO6/c1-12-4-6-13(7-5-12)26-11-19(23)27-10-18(22)21-15-8-14(20)16(24-2)9-17(15)25-3/h4-9H,10-11H2,1-3H3,(H,21,22). The first-order valence-electron chi connectivity index (χ1n) is 7.99. The van der Waals surface area contributed by atoms with Crippen LogP contribution in [0.5, 0.6) is 17.2 Å². The number of ether oxygens (including phenoxy) is 4. The second-order valence-electron chi connectivity index (χ2n) is 5.50. The van der Waals surface area contributed by atoms with Gasteiger partial charge in [-0.1, -0.05) is 29.3 Å². The summed E-state index contributed by atoms with van der Waals surface area (Å²) in [5.41, 5.74) is 1.41. The average Bonchev–Trinajstić information content (AvgIpc) is 2.66. The van der Waals surface area contributed by atoms with Crippen LogP contribution in [0.2, 0.25) is 5.02 Å². The number of amides is 1. The second-order valence-corrected chi connectivity index (χ2v) is 5.90. The highest BCUT2D eigenvalue weighted by Crippen LogP contribution is 2.35. The first-order valence-corrected chi connectivity index (χ1v) is 8.37. The van der Waals surface area contributed by atoms with Gasteiger partial charge in [-0.25, -0.2) is 4.79 Å². The molecule has 0 aliphatic heterocycles. The molecular weight excluding hydrogens is 374 g/mol. The number of anilines is 1. The number of esters is 1. The highest BCUT2D eigenvalue weighted by atomic mass is 35.5. The summed E-state index contributed by atoms with van der Waals surface area (Å²) in [6.07, 6.45) is 0. The van der Waals surface area contributed by atoms with Gasteiger partial charge in [0.1, 0.15) is 17.2 Å². The lowest BCUT2D eigenvalue weighted by molar-refractivity contribution is -0.149. The molecule has 0 fully saturated rings. The molecule has 1 amide bonds. The lowest BCUT2D eigenvalue weighted by Crippen LogP contribution is -2.23. The maximum Gasteiger partial charge on any atom is 0.344 e. The van der Waals surface area contributed by atoms with Crippen LogP contribution in [0.4, 0.5) is 5.69 Å². The molecule has 0 saturated heterocycles. The molecular formula is C19H20ClNO6. The van der Waals surface area contributed by atoms with Crippen molar-refractivity contribution in [2.24, 2.45) is 0 Å². The Hall–Kier alpha value is -2.93. The summed E-state index contributed by atoms with van der Waals surface area (Å²) in [7, 11) is 2.91. The van der Waals surface area contributed by atoms with Gasteiger partial charge in [0.2, 0.25) is 0 Å². The molecule has 0 spiro atoms. The number of benzene rings is 2. The number of aryl methyl sites for hydroxylation is 1. The zero-order chi connectivity index (χ0) is 19.8. The maximum absolute atomic E-state index is 12.0. The van der Waals surface area contributed by atoms with Crippen LogP contribution in [-0.2, 0) is 14.3 Å². The van der Waals surface area contributed by atoms with Crippen LogP contribution in [0.15, 0.2) is 36.4 Å². The molecule has 0 atom stereocenters. The van der Waals surface area contributed by atoms with E-state index in [9.17, 15) is 9.59 Å². The van der Waals surface area contributed by atoms with Crippen LogP contribution in [-0.4, -0.2) is 39.3 Å². The van der Waals surface area contributed by atoms with Gasteiger partial charge in [-0.2, -0.15) is 0 Å². The van der Waals surface area contributed by atoms with E-state index in [1.54, 1.807) is 18.2 Å². The fraction of sp³-hybridized carbons (Fsp3) is 0.263. The van der Waals surface area contributed by atoms with Crippen LogP contribution >= 0.6 is 11.6 Å². The van der Waals surface area contributed by atoms with Gasteiger partial charge in [0.15, 0.2) is 13.2 Å². The van der Waals surface area contributed by atoms with Crippen LogP contribution in [0.1, 0.15) is 5.56 Å². The molecule has 8 heteroatoms. The Morgan fingerprint density at radius 2 is 1.67 bits per heavy atom. The molecule has 2 aromatic carbocycles. The Morgan fingerprint density at radius 1 is 1.00 bits per heavy atom. The van der Waals surface area contributed by atoms with Gasteiger partial charge in [-0.05, 0) is 25.1 Å². The van der Waals surface area contributed by atoms with E-state index in [1.807, 2.05) is 19.1 Å². The van der Waals surface area contributed by atoms with Crippen LogP contribution in [0, 0.1) is 6.92 Å². The molecule has 27 heavy (non-hydrogen) atoms. The van der Waals surface area contributed by atoms with Crippen LogP contribution in [0.25, 0.3) is 0 Å². The van der Waals surface area contributed by atoms with E-state index >= 15 is 0 Å². The lowest BCUT2D eigenvalue weighted by atomic mass is 10.2. The van der Waals surface area contributed by atoms with E-state index in [2.05, 4.69) is 5.32 Å². The summed E-state index contributed by atoms with van der Waals surface area (Å²) in [4.78, 5) is 23.7. The number of rotatable bonds is 8. The summed E-state index contributed by atoms with van der Waals surface area (Å²) >= 11 is 6.04. The quantitative estimate of drug-likeness (QED) is 0.693. The van der Waals surface area contributed by atoms with Crippen molar-refractivity contribution in [1.82, 2.24) is 0 Å². The Labute approximate surface area is 162 Å². The molecule has 7 nitrogen and oxygen atoms in total. The molecule has 0 bridgehead atoms. The van der Waals surface area contributed by atoms with E-state index in [0.29, 0.717) is 28.0 Å². The van der Waals surface area contributed by atoms with E-state index in [4.69, 9.17) is 30.5 Å². The highest BCUT2D eigenvalue weighted by Gasteiger charge is 2.14. The van der Waals surface area contributed by atoms with E-state index in [0.717, 1.165) is 5.56 Å². The summed E-state index contributed by atoms with van der Waals surface area (Å²) in [5, 5.41) is 2.87.